The van der Waals surface area contributed by atoms with Crippen LogP contribution in [0.4, 0.5) is 0 Å². The number of carbonyl (C=O) groups excluding carboxylic acids is 2. The van der Waals surface area contributed by atoms with Crippen LogP contribution in [-0.2, 0) is 16.0 Å². The molecule has 0 aliphatic carbocycles. The minimum Gasteiger partial charge on any atom is -0.507 e. The summed E-state index contributed by atoms with van der Waals surface area (Å²) >= 11 is 0. The summed E-state index contributed by atoms with van der Waals surface area (Å²) in [6.45, 7) is 9.24. The van der Waals surface area contributed by atoms with E-state index in [4.69, 9.17) is 4.74 Å². The van der Waals surface area contributed by atoms with Crippen LogP contribution < -0.4 is 4.74 Å². The highest BCUT2D eigenvalue weighted by Gasteiger charge is 2.45. The molecule has 1 heterocycles. The Hall–Kier alpha value is -3.08. The van der Waals surface area contributed by atoms with E-state index in [1.54, 1.807) is 11.0 Å². The first-order valence-electron chi connectivity index (χ1n) is 12.0. The first kappa shape index (κ1) is 24.6. The summed E-state index contributed by atoms with van der Waals surface area (Å²) in [5.41, 5.74) is 3.55. The Morgan fingerprint density at radius 1 is 1.00 bits per heavy atom. The van der Waals surface area contributed by atoms with Gasteiger partial charge in [0.15, 0.2) is 0 Å². The predicted molar refractivity (Wildman–Crippen MR) is 131 cm³/mol. The molecular formula is C28H35NO4. The second-order valence-electron chi connectivity index (χ2n) is 8.62. The van der Waals surface area contributed by atoms with Crippen molar-refractivity contribution in [2.45, 2.75) is 65.8 Å². The quantitative estimate of drug-likeness (QED) is 0.210. The molecule has 1 atom stereocenters. The number of amides is 1. The lowest BCUT2D eigenvalue weighted by Gasteiger charge is -2.25. The number of rotatable bonds is 10. The molecule has 1 fully saturated rings. The zero-order chi connectivity index (χ0) is 24.0. The van der Waals surface area contributed by atoms with Gasteiger partial charge in [0, 0.05) is 12.1 Å². The normalized spacial score (nSPS) is 17.6. The smallest absolute Gasteiger partial charge is 0.295 e. The third-order valence-corrected chi connectivity index (χ3v) is 6.16. The lowest BCUT2D eigenvalue weighted by atomic mass is 9.94. The van der Waals surface area contributed by atoms with Crippen LogP contribution in [0.5, 0.6) is 5.75 Å². The summed E-state index contributed by atoms with van der Waals surface area (Å²) in [6, 6.07) is 12.7. The second kappa shape index (κ2) is 11.2. The van der Waals surface area contributed by atoms with E-state index in [-0.39, 0.29) is 11.3 Å². The number of carbonyl (C=O) groups is 2. The fourth-order valence-electron chi connectivity index (χ4n) is 4.25. The van der Waals surface area contributed by atoms with Crippen LogP contribution in [0, 0.1) is 6.92 Å². The molecule has 2 aromatic carbocycles. The summed E-state index contributed by atoms with van der Waals surface area (Å²) in [6.07, 6.45) is 4.62. The Morgan fingerprint density at radius 3 is 2.33 bits per heavy atom. The number of aryl methyl sites for hydroxylation is 2. The van der Waals surface area contributed by atoms with Gasteiger partial charge in [-0.15, -0.1) is 0 Å². The Morgan fingerprint density at radius 2 is 1.73 bits per heavy atom. The summed E-state index contributed by atoms with van der Waals surface area (Å²) in [5, 5.41) is 11.3. The number of benzene rings is 2. The average Bonchev–Trinajstić information content (AvgIpc) is 3.08. The topological polar surface area (TPSA) is 66.8 Å². The van der Waals surface area contributed by atoms with Crippen LogP contribution >= 0.6 is 0 Å². The standard InChI is InChI=1S/C28H35NO4/c1-5-8-9-16-29-25(21-12-10-20(7-3)11-13-21)24(27(31)28(29)32)26(30)22-14-15-23(19(4)18-22)33-17-6-2/h10-15,18,25,30H,5-9,16-17H2,1-4H3/b26-24-. The molecule has 1 saturated heterocycles. The highest BCUT2D eigenvalue weighted by molar-refractivity contribution is 6.46. The summed E-state index contributed by atoms with van der Waals surface area (Å²) < 4.78 is 5.74. The molecule has 0 spiro atoms. The van der Waals surface area contributed by atoms with Crippen molar-refractivity contribution in [1.82, 2.24) is 4.90 Å². The molecule has 1 unspecified atom stereocenters. The Labute approximate surface area is 197 Å². The van der Waals surface area contributed by atoms with Crippen LogP contribution in [0.2, 0.25) is 0 Å². The number of ketones is 1. The largest absolute Gasteiger partial charge is 0.507 e. The van der Waals surface area contributed by atoms with E-state index in [0.29, 0.717) is 18.7 Å². The number of hydrogen-bond acceptors (Lipinski definition) is 4. The lowest BCUT2D eigenvalue weighted by Crippen LogP contribution is -2.30. The van der Waals surface area contributed by atoms with Gasteiger partial charge in [-0.05, 0) is 61.1 Å². The number of Topliss-reactive ketones (excluding diaryl/α,β-unsaturated/α-hetero) is 1. The maximum Gasteiger partial charge on any atom is 0.295 e. The first-order chi connectivity index (χ1) is 15.9. The molecule has 0 aromatic heterocycles. The summed E-state index contributed by atoms with van der Waals surface area (Å²) in [7, 11) is 0. The van der Waals surface area contributed by atoms with E-state index >= 15 is 0 Å². The van der Waals surface area contributed by atoms with E-state index in [0.717, 1.165) is 49.0 Å². The van der Waals surface area contributed by atoms with Crippen molar-refractivity contribution in [3.05, 3.63) is 70.3 Å². The molecule has 0 radical (unpaired) electrons. The van der Waals surface area contributed by atoms with Gasteiger partial charge < -0.3 is 14.7 Å². The molecule has 176 valence electrons. The summed E-state index contributed by atoms with van der Waals surface area (Å²) in [5.74, 6) is -0.560. The third kappa shape index (κ3) is 5.29. The van der Waals surface area contributed by atoms with Gasteiger partial charge in [0.05, 0.1) is 18.2 Å². The first-order valence-corrected chi connectivity index (χ1v) is 12.0. The van der Waals surface area contributed by atoms with E-state index < -0.39 is 17.7 Å². The molecule has 33 heavy (non-hydrogen) atoms. The maximum absolute atomic E-state index is 13.1. The van der Waals surface area contributed by atoms with E-state index in [9.17, 15) is 14.7 Å². The highest BCUT2D eigenvalue weighted by atomic mass is 16.5. The molecule has 1 N–H and O–H groups in total. The van der Waals surface area contributed by atoms with Crippen molar-refractivity contribution in [1.29, 1.82) is 0 Å². The molecule has 5 heteroatoms. The molecule has 1 aliphatic rings. The van der Waals surface area contributed by atoms with Gasteiger partial charge in [-0.25, -0.2) is 0 Å². The molecule has 1 amide bonds. The van der Waals surface area contributed by atoms with Gasteiger partial charge in [-0.1, -0.05) is 57.9 Å². The van der Waals surface area contributed by atoms with Gasteiger partial charge in [0.2, 0.25) is 0 Å². The monoisotopic (exact) mass is 449 g/mol. The second-order valence-corrected chi connectivity index (χ2v) is 8.62. The van der Waals surface area contributed by atoms with E-state index in [1.807, 2.05) is 50.2 Å². The van der Waals surface area contributed by atoms with Gasteiger partial charge >= 0.3 is 0 Å². The fraction of sp³-hybridized carbons (Fsp3) is 0.429. The number of ether oxygens (including phenoxy) is 1. The average molecular weight is 450 g/mol. The van der Waals surface area contributed by atoms with Gasteiger partial charge in [0.25, 0.3) is 11.7 Å². The minimum absolute atomic E-state index is 0.138. The Kier molecular flexibility index (Phi) is 8.32. The fourth-order valence-corrected chi connectivity index (χ4v) is 4.25. The zero-order valence-corrected chi connectivity index (χ0v) is 20.2. The molecule has 0 bridgehead atoms. The maximum atomic E-state index is 13.1. The van der Waals surface area contributed by atoms with Gasteiger partial charge in [-0.3, -0.25) is 9.59 Å². The van der Waals surface area contributed by atoms with Crippen molar-refractivity contribution in [2.24, 2.45) is 0 Å². The molecule has 1 aliphatic heterocycles. The van der Waals surface area contributed by atoms with Gasteiger partial charge in [-0.2, -0.15) is 0 Å². The minimum atomic E-state index is -0.627. The van der Waals surface area contributed by atoms with Crippen molar-refractivity contribution in [3.8, 4) is 5.75 Å². The number of hydrogen-bond donors (Lipinski definition) is 1. The van der Waals surface area contributed by atoms with Crippen LogP contribution in [0.1, 0.15) is 74.8 Å². The van der Waals surface area contributed by atoms with Crippen molar-refractivity contribution in [3.63, 3.8) is 0 Å². The number of aliphatic hydroxyl groups is 1. The highest BCUT2D eigenvalue weighted by Crippen LogP contribution is 2.40. The van der Waals surface area contributed by atoms with Crippen molar-refractivity contribution < 1.29 is 19.4 Å². The van der Waals surface area contributed by atoms with E-state index in [1.165, 1.54) is 5.56 Å². The third-order valence-electron chi connectivity index (χ3n) is 6.16. The number of likely N-dealkylation sites (tertiary alicyclic amines) is 1. The number of aliphatic hydroxyl groups excluding tert-OH is 1. The molecular weight excluding hydrogens is 414 g/mol. The van der Waals surface area contributed by atoms with Crippen molar-refractivity contribution in [2.75, 3.05) is 13.2 Å². The zero-order valence-electron chi connectivity index (χ0n) is 20.2. The van der Waals surface area contributed by atoms with E-state index in [2.05, 4.69) is 13.8 Å². The van der Waals surface area contributed by atoms with Crippen molar-refractivity contribution >= 4 is 17.4 Å². The number of nitrogens with zero attached hydrogens (tertiary/aromatic N) is 1. The SMILES string of the molecule is CCCCCN1C(=O)C(=O)/C(=C(\O)c2ccc(OCCC)c(C)c2)C1c1ccc(CC)cc1. The van der Waals surface area contributed by atoms with Crippen LogP contribution in [-0.4, -0.2) is 34.8 Å². The Bertz CT molecular complexity index is 1020. The summed E-state index contributed by atoms with van der Waals surface area (Å²) in [4.78, 5) is 27.8. The van der Waals surface area contributed by atoms with Gasteiger partial charge in [0.1, 0.15) is 11.5 Å². The number of unbranched alkanes of at least 4 members (excludes halogenated alkanes) is 2. The molecule has 3 rings (SSSR count). The lowest BCUT2D eigenvalue weighted by molar-refractivity contribution is -0.139. The predicted octanol–water partition coefficient (Wildman–Crippen LogP) is 5.96. The molecule has 2 aromatic rings. The molecule has 0 saturated carbocycles. The molecule has 5 nitrogen and oxygen atoms in total. The van der Waals surface area contributed by atoms with Crippen LogP contribution in [0.25, 0.3) is 5.76 Å². The van der Waals surface area contributed by atoms with Crippen LogP contribution in [0.3, 0.4) is 0 Å². The Balaban J connectivity index is 2.07. The van der Waals surface area contributed by atoms with Crippen LogP contribution in [0.15, 0.2) is 48.0 Å².